The number of hydrogen-bond acceptors (Lipinski definition) is 6. The lowest BCUT2D eigenvalue weighted by molar-refractivity contribution is -0.145. The van der Waals surface area contributed by atoms with Gasteiger partial charge in [0.1, 0.15) is 0 Å². The third-order valence-corrected chi connectivity index (χ3v) is 3.65. The maximum Gasteiger partial charge on any atom is 0.309 e. The molecule has 1 aromatic carbocycles. The molecule has 0 saturated heterocycles. The van der Waals surface area contributed by atoms with Crippen molar-refractivity contribution >= 4 is 11.8 Å². The summed E-state index contributed by atoms with van der Waals surface area (Å²) in [4.78, 5) is 24.0. The molecular formula is C15H18O6. The molecule has 0 aromatic heterocycles. The van der Waals surface area contributed by atoms with Crippen LogP contribution in [0.1, 0.15) is 22.3 Å². The van der Waals surface area contributed by atoms with E-state index in [0.717, 1.165) is 0 Å². The number of rotatable bonds is 4. The molecule has 0 heterocycles. The van der Waals surface area contributed by atoms with Crippen LogP contribution in [0, 0.1) is 5.92 Å². The Morgan fingerprint density at radius 2 is 1.71 bits per heavy atom. The van der Waals surface area contributed by atoms with Crippen molar-refractivity contribution in [2.75, 3.05) is 28.4 Å². The van der Waals surface area contributed by atoms with E-state index in [0.29, 0.717) is 34.8 Å². The summed E-state index contributed by atoms with van der Waals surface area (Å²) in [5.74, 6) is 0.238. The number of carbonyl (C=O) groups is 2. The molecule has 0 amide bonds. The lowest BCUT2D eigenvalue weighted by Gasteiger charge is -2.25. The third kappa shape index (κ3) is 2.53. The number of fused-ring (bicyclic) bond motifs is 1. The van der Waals surface area contributed by atoms with Gasteiger partial charge >= 0.3 is 5.97 Å². The normalized spacial score (nSPS) is 17.0. The minimum Gasteiger partial charge on any atom is -0.493 e. The van der Waals surface area contributed by atoms with Crippen molar-refractivity contribution in [3.8, 4) is 17.2 Å². The van der Waals surface area contributed by atoms with E-state index >= 15 is 0 Å². The Morgan fingerprint density at radius 3 is 2.24 bits per heavy atom. The molecular weight excluding hydrogens is 276 g/mol. The molecule has 0 radical (unpaired) electrons. The second-order valence-corrected chi connectivity index (χ2v) is 4.72. The van der Waals surface area contributed by atoms with E-state index in [9.17, 15) is 9.59 Å². The standard InChI is InChI=1S/C15H18O6/c1-18-12-7-9-10(13(19-2)14(12)20-3)5-8(6-11(9)16)15(17)21-4/h7-8H,5-6H2,1-4H3. The molecule has 1 aliphatic carbocycles. The van der Waals surface area contributed by atoms with Crippen molar-refractivity contribution in [3.63, 3.8) is 0 Å². The van der Waals surface area contributed by atoms with Crippen LogP contribution in [0.2, 0.25) is 0 Å². The summed E-state index contributed by atoms with van der Waals surface area (Å²) in [6, 6.07) is 1.63. The average molecular weight is 294 g/mol. The first-order valence-electron chi connectivity index (χ1n) is 6.50. The zero-order chi connectivity index (χ0) is 15.6. The fourth-order valence-electron chi connectivity index (χ4n) is 2.65. The maximum atomic E-state index is 12.3. The molecule has 2 rings (SSSR count). The highest BCUT2D eigenvalue weighted by molar-refractivity contribution is 6.02. The van der Waals surface area contributed by atoms with E-state index in [1.165, 1.54) is 28.4 Å². The van der Waals surface area contributed by atoms with Crippen LogP contribution in [-0.4, -0.2) is 40.2 Å². The maximum absolute atomic E-state index is 12.3. The zero-order valence-corrected chi connectivity index (χ0v) is 12.5. The number of hydrogen-bond donors (Lipinski definition) is 0. The predicted molar refractivity (Wildman–Crippen MR) is 74.3 cm³/mol. The van der Waals surface area contributed by atoms with Crippen LogP contribution < -0.4 is 14.2 Å². The molecule has 0 spiro atoms. The first-order valence-corrected chi connectivity index (χ1v) is 6.50. The average Bonchev–Trinajstić information content (AvgIpc) is 2.51. The number of Topliss-reactive ketones (excluding diaryl/α,β-unsaturated/α-hetero) is 1. The van der Waals surface area contributed by atoms with Crippen LogP contribution in [0.25, 0.3) is 0 Å². The van der Waals surface area contributed by atoms with E-state index < -0.39 is 11.9 Å². The van der Waals surface area contributed by atoms with E-state index in [1.807, 2.05) is 0 Å². The summed E-state index contributed by atoms with van der Waals surface area (Å²) in [7, 11) is 5.79. The fourth-order valence-corrected chi connectivity index (χ4v) is 2.65. The van der Waals surface area contributed by atoms with E-state index in [1.54, 1.807) is 6.07 Å². The Labute approximate surface area is 122 Å². The Morgan fingerprint density at radius 1 is 1.05 bits per heavy atom. The lowest BCUT2D eigenvalue weighted by atomic mass is 9.82. The molecule has 0 fully saturated rings. The van der Waals surface area contributed by atoms with E-state index in [4.69, 9.17) is 18.9 Å². The molecule has 0 aliphatic heterocycles. The molecule has 6 nitrogen and oxygen atoms in total. The summed E-state index contributed by atoms with van der Waals surface area (Å²) < 4.78 is 20.7. The number of benzene rings is 1. The number of ketones is 1. The Balaban J connectivity index is 2.58. The van der Waals surface area contributed by atoms with Gasteiger partial charge in [-0.15, -0.1) is 0 Å². The van der Waals surface area contributed by atoms with Gasteiger partial charge in [0.05, 0.1) is 34.4 Å². The number of carbonyl (C=O) groups excluding carboxylic acids is 2. The van der Waals surface area contributed by atoms with Crippen molar-refractivity contribution in [1.82, 2.24) is 0 Å². The van der Waals surface area contributed by atoms with Gasteiger partial charge in [-0.2, -0.15) is 0 Å². The number of esters is 1. The molecule has 0 N–H and O–H groups in total. The zero-order valence-electron chi connectivity index (χ0n) is 12.5. The second kappa shape index (κ2) is 6.03. The van der Waals surface area contributed by atoms with E-state index in [2.05, 4.69) is 0 Å². The Bertz CT molecular complexity index is 578. The molecule has 0 saturated carbocycles. The number of methoxy groups -OCH3 is 4. The van der Waals surface area contributed by atoms with Crippen molar-refractivity contribution in [2.24, 2.45) is 5.92 Å². The molecule has 0 bridgehead atoms. The van der Waals surface area contributed by atoms with Crippen molar-refractivity contribution in [2.45, 2.75) is 12.8 Å². The van der Waals surface area contributed by atoms with Gasteiger partial charge in [0.15, 0.2) is 17.3 Å². The van der Waals surface area contributed by atoms with Gasteiger partial charge in [-0.05, 0) is 12.5 Å². The Kier molecular flexibility index (Phi) is 4.35. The van der Waals surface area contributed by atoms with Crippen LogP contribution in [0.4, 0.5) is 0 Å². The van der Waals surface area contributed by atoms with Crippen LogP contribution in [0.5, 0.6) is 17.2 Å². The minimum absolute atomic E-state index is 0.123. The smallest absolute Gasteiger partial charge is 0.309 e. The van der Waals surface area contributed by atoms with Crippen LogP contribution in [0.3, 0.4) is 0 Å². The van der Waals surface area contributed by atoms with E-state index in [-0.39, 0.29) is 12.2 Å². The SMILES string of the molecule is COC(=O)C1CC(=O)c2cc(OC)c(OC)c(OC)c2C1. The molecule has 1 unspecified atom stereocenters. The fraction of sp³-hybridized carbons (Fsp3) is 0.467. The van der Waals surface area contributed by atoms with Gasteiger partial charge in [0.25, 0.3) is 0 Å². The number of ether oxygens (including phenoxy) is 4. The molecule has 1 aromatic rings. The van der Waals surface area contributed by atoms with Gasteiger partial charge < -0.3 is 18.9 Å². The molecule has 1 aliphatic rings. The van der Waals surface area contributed by atoms with Crippen molar-refractivity contribution < 1.29 is 28.5 Å². The van der Waals surface area contributed by atoms with Gasteiger partial charge in [0.2, 0.25) is 5.75 Å². The van der Waals surface area contributed by atoms with Crippen LogP contribution in [-0.2, 0) is 16.0 Å². The summed E-state index contributed by atoms with van der Waals surface area (Å²) in [5.41, 5.74) is 1.16. The quantitative estimate of drug-likeness (QED) is 0.786. The van der Waals surface area contributed by atoms with Gasteiger partial charge in [-0.3, -0.25) is 9.59 Å². The summed E-state index contributed by atoms with van der Waals surface area (Å²) >= 11 is 0. The van der Waals surface area contributed by atoms with Crippen LogP contribution in [0.15, 0.2) is 6.07 Å². The largest absolute Gasteiger partial charge is 0.493 e. The first-order chi connectivity index (χ1) is 10.1. The van der Waals surface area contributed by atoms with Crippen molar-refractivity contribution in [1.29, 1.82) is 0 Å². The monoisotopic (exact) mass is 294 g/mol. The summed E-state index contributed by atoms with van der Waals surface area (Å²) in [6.45, 7) is 0. The van der Waals surface area contributed by atoms with Gasteiger partial charge in [-0.25, -0.2) is 0 Å². The van der Waals surface area contributed by atoms with Crippen molar-refractivity contribution in [3.05, 3.63) is 17.2 Å². The lowest BCUT2D eigenvalue weighted by Crippen LogP contribution is -2.28. The van der Waals surface area contributed by atoms with Crippen LogP contribution >= 0.6 is 0 Å². The highest BCUT2D eigenvalue weighted by atomic mass is 16.5. The molecule has 6 heteroatoms. The van der Waals surface area contributed by atoms with Gasteiger partial charge in [0, 0.05) is 17.5 Å². The Hall–Kier alpha value is -2.24. The van der Waals surface area contributed by atoms with Gasteiger partial charge in [-0.1, -0.05) is 0 Å². The minimum atomic E-state index is -0.498. The highest BCUT2D eigenvalue weighted by Crippen LogP contribution is 2.45. The molecule has 114 valence electrons. The predicted octanol–water partition coefficient (Wildman–Crippen LogP) is 1.63. The first kappa shape index (κ1) is 15.2. The highest BCUT2D eigenvalue weighted by Gasteiger charge is 2.35. The molecule has 21 heavy (non-hydrogen) atoms. The topological polar surface area (TPSA) is 71.1 Å². The second-order valence-electron chi connectivity index (χ2n) is 4.72. The third-order valence-electron chi connectivity index (χ3n) is 3.65. The summed E-state index contributed by atoms with van der Waals surface area (Å²) in [5, 5.41) is 0. The summed E-state index contributed by atoms with van der Waals surface area (Å²) in [6.07, 6.45) is 0.496. The molecule has 1 atom stereocenters.